The first kappa shape index (κ1) is 21.5. The summed E-state index contributed by atoms with van der Waals surface area (Å²) in [5, 5.41) is 0. The predicted octanol–water partition coefficient (Wildman–Crippen LogP) is 1.95. The highest BCUT2D eigenvalue weighted by Gasteiger charge is 2.36. The van der Waals surface area contributed by atoms with Crippen molar-refractivity contribution in [3.8, 4) is 0 Å². The van der Waals surface area contributed by atoms with Crippen molar-refractivity contribution in [1.29, 1.82) is 0 Å². The van der Waals surface area contributed by atoms with Crippen molar-refractivity contribution in [2.24, 2.45) is 5.73 Å². The Morgan fingerprint density at radius 2 is 1.97 bits per heavy atom. The number of carbonyl (C=O) groups is 2. The molecule has 0 spiro atoms. The van der Waals surface area contributed by atoms with Crippen LogP contribution in [0.4, 0.5) is 10.1 Å². The van der Waals surface area contributed by atoms with Crippen LogP contribution in [-0.4, -0.2) is 47.0 Å². The SMILES string of the molecule is C=CCn1cc(C(=O)N2CCN(c3ccc(F)cc3)C[C@H]2C(N)=O)c2c(c1=O)CC(C)=C2. The molecule has 1 atom stereocenters. The molecule has 1 fully saturated rings. The number of fused-ring (bicyclic) bond motifs is 1. The normalized spacial score (nSPS) is 17.7. The molecule has 2 heterocycles. The van der Waals surface area contributed by atoms with Crippen LogP contribution in [0.15, 0.2) is 53.5 Å². The van der Waals surface area contributed by atoms with Crippen LogP contribution in [0.3, 0.4) is 0 Å². The Morgan fingerprint density at radius 1 is 1.25 bits per heavy atom. The zero-order valence-corrected chi connectivity index (χ0v) is 17.9. The Bertz CT molecular complexity index is 1180. The Morgan fingerprint density at radius 3 is 2.62 bits per heavy atom. The zero-order valence-electron chi connectivity index (χ0n) is 17.9. The second-order valence-electron chi connectivity index (χ2n) is 8.19. The lowest BCUT2D eigenvalue weighted by atomic mass is 10.0. The number of anilines is 1. The summed E-state index contributed by atoms with van der Waals surface area (Å²) in [5.41, 5.74) is 8.85. The van der Waals surface area contributed by atoms with E-state index in [1.807, 2.05) is 17.9 Å². The number of aromatic nitrogens is 1. The van der Waals surface area contributed by atoms with Crippen LogP contribution in [0.25, 0.3) is 6.08 Å². The summed E-state index contributed by atoms with van der Waals surface area (Å²) in [5.74, 6) is -1.30. The highest BCUT2D eigenvalue weighted by molar-refractivity contribution is 6.01. The number of nitrogens with two attached hydrogens (primary N) is 1. The average Bonchev–Trinajstić information content (AvgIpc) is 3.17. The summed E-state index contributed by atoms with van der Waals surface area (Å²) in [6.45, 7) is 6.82. The number of amides is 2. The van der Waals surface area contributed by atoms with Crippen LogP contribution in [-0.2, 0) is 17.8 Å². The fourth-order valence-electron chi connectivity index (χ4n) is 4.40. The van der Waals surface area contributed by atoms with Crippen LogP contribution in [0.1, 0.15) is 28.4 Å². The number of pyridine rings is 1. The summed E-state index contributed by atoms with van der Waals surface area (Å²) in [6, 6.07) is 5.12. The van der Waals surface area contributed by atoms with Gasteiger partial charge in [-0.2, -0.15) is 0 Å². The number of hydrogen-bond acceptors (Lipinski definition) is 4. The molecule has 0 bridgehead atoms. The highest BCUT2D eigenvalue weighted by atomic mass is 19.1. The monoisotopic (exact) mass is 436 g/mol. The molecule has 4 rings (SSSR count). The molecule has 2 aromatic rings. The molecular formula is C24H25FN4O3. The standard InChI is InChI=1S/C24H25FN4O3/c1-3-8-28-13-20(18-11-15(2)12-19(18)23(28)31)24(32)29-10-9-27(14-21(29)22(26)30)17-6-4-16(25)5-7-17/h3-7,11,13,21H,1,8-10,12,14H2,2H3,(H2,26,30)/t21-/m0/s1. The minimum Gasteiger partial charge on any atom is -0.368 e. The second-order valence-corrected chi connectivity index (χ2v) is 8.19. The Kier molecular flexibility index (Phi) is 5.69. The molecule has 0 radical (unpaired) electrons. The number of rotatable bonds is 5. The maximum Gasteiger partial charge on any atom is 0.256 e. The number of hydrogen-bond donors (Lipinski definition) is 1. The lowest BCUT2D eigenvalue weighted by molar-refractivity contribution is -0.122. The van der Waals surface area contributed by atoms with Crippen molar-refractivity contribution in [1.82, 2.24) is 9.47 Å². The van der Waals surface area contributed by atoms with Gasteiger partial charge in [0.2, 0.25) is 5.91 Å². The molecule has 1 aromatic heterocycles. The molecule has 0 unspecified atom stereocenters. The number of nitrogens with zero attached hydrogens (tertiary/aromatic N) is 3. The first-order valence-electron chi connectivity index (χ1n) is 10.5. The molecule has 1 aliphatic heterocycles. The van der Waals surface area contributed by atoms with Gasteiger partial charge in [-0.3, -0.25) is 14.4 Å². The van der Waals surface area contributed by atoms with Crippen molar-refractivity contribution < 1.29 is 14.0 Å². The lowest BCUT2D eigenvalue weighted by Gasteiger charge is -2.41. The van der Waals surface area contributed by atoms with E-state index in [0.29, 0.717) is 29.7 Å². The summed E-state index contributed by atoms with van der Waals surface area (Å²) < 4.78 is 14.8. The van der Waals surface area contributed by atoms with E-state index in [1.54, 1.807) is 24.4 Å². The number of allylic oxidation sites excluding steroid dienone is 2. The number of piperazine rings is 1. The first-order chi connectivity index (χ1) is 15.3. The molecule has 1 aromatic carbocycles. The van der Waals surface area contributed by atoms with E-state index in [4.69, 9.17) is 5.73 Å². The van der Waals surface area contributed by atoms with Crippen LogP contribution >= 0.6 is 0 Å². The molecule has 0 saturated carbocycles. The fourth-order valence-corrected chi connectivity index (χ4v) is 4.40. The van der Waals surface area contributed by atoms with Crippen molar-refractivity contribution >= 4 is 23.6 Å². The molecule has 2 aliphatic rings. The average molecular weight is 436 g/mol. The van der Waals surface area contributed by atoms with Gasteiger partial charge in [-0.25, -0.2) is 4.39 Å². The van der Waals surface area contributed by atoms with Crippen molar-refractivity contribution in [2.75, 3.05) is 24.5 Å². The quantitative estimate of drug-likeness (QED) is 0.726. The zero-order chi connectivity index (χ0) is 23.0. The van der Waals surface area contributed by atoms with Crippen molar-refractivity contribution in [3.63, 3.8) is 0 Å². The Balaban J connectivity index is 1.68. The summed E-state index contributed by atoms with van der Waals surface area (Å²) in [6.07, 6.45) is 5.50. The number of primary amides is 1. The van der Waals surface area contributed by atoms with E-state index < -0.39 is 11.9 Å². The van der Waals surface area contributed by atoms with Crippen LogP contribution in [0.5, 0.6) is 0 Å². The largest absolute Gasteiger partial charge is 0.368 e. The Labute approximate surface area is 185 Å². The van der Waals surface area contributed by atoms with Gasteiger partial charge in [-0.15, -0.1) is 6.58 Å². The number of benzene rings is 1. The summed E-state index contributed by atoms with van der Waals surface area (Å²) in [7, 11) is 0. The van der Waals surface area contributed by atoms with Gasteiger partial charge in [-0.1, -0.05) is 17.7 Å². The molecule has 2 N–H and O–H groups in total. The van der Waals surface area contributed by atoms with Crippen molar-refractivity contribution in [3.05, 3.63) is 81.6 Å². The summed E-state index contributed by atoms with van der Waals surface area (Å²) in [4.78, 5) is 42.1. The minimum absolute atomic E-state index is 0.142. The molecule has 8 heteroatoms. The molecule has 1 aliphatic carbocycles. The molecule has 7 nitrogen and oxygen atoms in total. The topological polar surface area (TPSA) is 88.6 Å². The van der Waals surface area contributed by atoms with Gasteiger partial charge in [0.25, 0.3) is 11.5 Å². The van der Waals surface area contributed by atoms with E-state index >= 15 is 0 Å². The van der Waals surface area contributed by atoms with E-state index in [-0.39, 0.29) is 36.9 Å². The van der Waals surface area contributed by atoms with Gasteiger partial charge in [0, 0.05) is 43.6 Å². The summed E-state index contributed by atoms with van der Waals surface area (Å²) >= 11 is 0. The lowest BCUT2D eigenvalue weighted by Crippen LogP contribution is -2.60. The van der Waals surface area contributed by atoms with Gasteiger partial charge in [0.05, 0.1) is 5.56 Å². The van der Waals surface area contributed by atoms with Crippen LogP contribution < -0.4 is 16.2 Å². The van der Waals surface area contributed by atoms with E-state index in [1.165, 1.54) is 21.6 Å². The minimum atomic E-state index is -0.858. The first-order valence-corrected chi connectivity index (χ1v) is 10.5. The molecule has 166 valence electrons. The van der Waals surface area contributed by atoms with Crippen LogP contribution in [0.2, 0.25) is 0 Å². The van der Waals surface area contributed by atoms with Gasteiger partial charge in [0.1, 0.15) is 11.9 Å². The third-order valence-corrected chi connectivity index (χ3v) is 5.98. The Hall–Kier alpha value is -3.68. The van der Waals surface area contributed by atoms with Gasteiger partial charge in [0.15, 0.2) is 0 Å². The van der Waals surface area contributed by atoms with Gasteiger partial charge >= 0.3 is 0 Å². The molecule has 2 amide bonds. The van der Waals surface area contributed by atoms with Gasteiger partial charge in [-0.05, 0) is 43.2 Å². The highest BCUT2D eigenvalue weighted by Crippen LogP contribution is 2.28. The maximum atomic E-state index is 13.6. The molecular weight excluding hydrogens is 411 g/mol. The molecule has 1 saturated heterocycles. The smallest absolute Gasteiger partial charge is 0.256 e. The number of halogens is 1. The van der Waals surface area contributed by atoms with E-state index in [0.717, 1.165) is 11.3 Å². The van der Waals surface area contributed by atoms with E-state index in [9.17, 15) is 18.8 Å². The third kappa shape index (κ3) is 3.84. The molecule has 32 heavy (non-hydrogen) atoms. The predicted molar refractivity (Wildman–Crippen MR) is 121 cm³/mol. The third-order valence-electron chi connectivity index (χ3n) is 5.98. The number of carbonyl (C=O) groups excluding carboxylic acids is 2. The van der Waals surface area contributed by atoms with Crippen molar-refractivity contribution in [2.45, 2.75) is 25.9 Å². The maximum absolute atomic E-state index is 13.6. The second kappa shape index (κ2) is 8.45. The fraction of sp³-hybridized carbons (Fsp3) is 0.292. The van der Waals surface area contributed by atoms with Gasteiger partial charge < -0.3 is 20.1 Å². The van der Waals surface area contributed by atoms with E-state index in [2.05, 4.69) is 6.58 Å². The van der Waals surface area contributed by atoms with Crippen LogP contribution in [0, 0.1) is 5.82 Å².